The highest BCUT2D eigenvalue weighted by atomic mass is 32.2. The fourth-order valence-corrected chi connectivity index (χ4v) is 28.9. The normalized spacial score (nSPS) is 49.6. The minimum atomic E-state index is -3.14. The number of hydrogen-bond acceptors (Lipinski definition) is 6. The van der Waals surface area contributed by atoms with Crippen LogP contribution in [0.5, 0.6) is 0 Å². The summed E-state index contributed by atoms with van der Waals surface area (Å²) in [7, 11) is -3.14. The van der Waals surface area contributed by atoms with Crippen molar-refractivity contribution in [2.45, 2.75) is 384 Å². The van der Waals surface area contributed by atoms with E-state index in [9.17, 15) is 0 Å². The smallest absolute Gasteiger partial charge is 0.156 e. The molecule has 4 heterocycles. The van der Waals surface area contributed by atoms with Gasteiger partial charge in [0, 0.05) is 72.5 Å². The van der Waals surface area contributed by atoms with E-state index in [1.165, 1.54) is 167 Å². The molecule has 4 saturated heterocycles. The molecule has 4 aliphatic heterocycles. The largest absolute Gasteiger partial charge is 0.294 e. The van der Waals surface area contributed by atoms with Crippen LogP contribution in [0.3, 0.4) is 0 Å². The molecule has 22 atom stereocenters. The molecule has 0 aromatic heterocycles. The van der Waals surface area contributed by atoms with Crippen LogP contribution in [0.1, 0.15) is 301 Å². The van der Waals surface area contributed by atoms with Crippen LogP contribution in [0, 0.1) is 92.7 Å². The molecule has 0 amide bonds. The van der Waals surface area contributed by atoms with Gasteiger partial charge in [-0.3, -0.25) is 19.6 Å². The van der Waals surface area contributed by atoms with Crippen molar-refractivity contribution < 1.29 is 8.42 Å². The minimum absolute atomic E-state index is 0.0969. The maximum atomic E-state index is 15.1. The summed E-state index contributed by atoms with van der Waals surface area (Å²) in [5.41, 5.74) is 1.70. The van der Waals surface area contributed by atoms with Crippen LogP contribution in [0.2, 0.25) is 0 Å². The summed E-state index contributed by atoms with van der Waals surface area (Å²) in [5.74, 6) is 10.6. The maximum Gasteiger partial charge on any atom is 0.156 e. The zero-order valence-corrected chi connectivity index (χ0v) is 56.9. The number of nitrogens with zero attached hydrogens (tertiary/aromatic N) is 4. The zero-order valence-electron chi connectivity index (χ0n) is 56.1. The average molecular weight is 1160 g/mol. The Morgan fingerprint density at radius 2 is 0.470 bits per heavy atom. The quantitative estimate of drug-likeness (QED) is 0.264. The van der Waals surface area contributed by atoms with E-state index in [0.717, 1.165) is 183 Å². The van der Waals surface area contributed by atoms with E-state index < -0.39 is 9.84 Å². The van der Waals surface area contributed by atoms with Crippen LogP contribution < -0.4 is 0 Å². The van der Waals surface area contributed by atoms with E-state index in [4.69, 9.17) is 0 Å². The summed E-state index contributed by atoms with van der Waals surface area (Å²) in [4.78, 5) is 13.0. The Labute approximate surface area is 512 Å². The second kappa shape index (κ2) is 22.6. The molecule has 0 bridgehead atoms. The molecule has 83 heavy (non-hydrogen) atoms. The van der Waals surface area contributed by atoms with Crippen LogP contribution in [0.4, 0.5) is 0 Å². The molecule has 0 N–H and O–H groups in total. The van der Waals surface area contributed by atoms with Crippen molar-refractivity contribution >= 4 is 9.84 Å². The number of hydrogen-bond donors (Lipinski definition) is 0. The summed E-state index contributed by atoms with van der Waals surface area (Å²) in [6.45, 7) is 30.6. The standard InChI is InChI=1S/C76H130N4O2S/c1-73(2,3)47-21-35-67-59(41-47)60-42-48(74(4,5)6)22-36-68(60)79(67)53-29-39-71-63(45-53)57-17-13-15-19-65(57)77(71)51-25-31-55(32-26-51)83(81,82)56-33-27-52(28-34-56)78-66-20-16-14-18-58(66)64-46-54(30-40-72(64)78)80-69-37-23-49(75(7,8)9)43-61(69)62-44-50(76(10,11)12)24-38-70(62)80/h47-72H,13-46H2,1-12H3. The Bertz CT molecular complexity index is 2130. The van der Waals surface area contributed by atoms with E-state index in [0.29, 0.717) is 33.7 Å². The van der Waals surface area contributed by atoms with Crippen molar-refractivity contribution in [2.24, 2.45) is 92.7 Å². The first-order valence-electron chi connectivity index (χ1n) is 37.8. The monoisotopic (exact) mass is 1160 g/mol. The van der Waals surface area contributed by atoms with Crippen molar-refractivity contribution in [2.75, 3.05) is 0 Å². The minimum Gasteiger partial charge on any atom is -0.294 e. The Balaban J connectivity index is 0.609. The highest BCUT2D eigenvalue weighted by molar-refractivity contribution is 7.92. The second-order valence-electron chi connectivity index (χ2n) is 38.1. The van der Waals surface area contributed by atoms with E-state index in [-0.39, 0.29) is 10.5 Å². The second-order valence-corrected chi connectivity index (χ2v) is 40.6. The van der Waals surface area contributed by atoms with Gasteiger partial charge in [-0.1, -0.05) is 109 Å². The number of rotatable bonds is 6. The van der Waals surface area contributed by atoms with Crippen LogP contribution in [0.15, 0.2) is 0 Å². The van der Waals surface area contributed by atoms with Crippen molar-refractivity contribution in [3.8, 4) is 0 Å². The molecule has 0 spiro atoms. The Kier molecular flexibility index (Phi) is 16.4. The first kappa shape index (κ1) is 60.4. The lowest BCUT2D eigenvalue weighted by atomic mass is 9.61. The molecule has 10 saturated carbocycles. The Morgan fingerprint density at radius 3 is 0.759 bits per heavy atom. The third kappa shape index (κ3) is 10.8. The lowest BCUT2D eigenvalue weighted by Gasteiger charge is -2.49. The van der Waals surface area contributed by atoms with E-state index in [2.05, 4.69) is 103 Å². The number of likely N-dealkylation sites (tertiary alicyclic amines) is 4. The zero-order chi connectivity index (χ0) is 57.9. The molecular formula is C76H130N4O2S. The molecular weight excluding hydrogens is 1030 g/mol. The molecule has 7 heteroatoms. The molecule has 14 aliphatic rings. The molecule has 14 rings (SSSR count). The van der Waals surface area contributed by atoms with Gasteiger partial charge in [-0.25, -0.2) is 8.42 Å². The van der Waals surface area contributed by atoms with Gasteiger partial charge >= 0.3 is 0 Å². The number of sulfone groups is 1. The summed E-state index contributed by atoms with van der Waals surface area (Å²) in [5, 5.41) is -0.194. The third-order valence-electron chi connectivity index (χ3n) is 30.7. The molecule has 22 unspecified atom stereocenters. The average Bonchev–Trinajstić information content (AvgIpc) is 2.10. The highest BCUT2D eigenvalue weighted by Crippen LogP contribution is 2.62. The van der Waals surface area contributed by atoms with Crippen molar-refractivity contribution in [3.05, 3.63) is 0 Å². The molecule has 0 aromatic rings. The number of fused-ring (bicyclic) bond motifs is 12. The lowest BCUT2D eigenvalue weighted by molar-refractivity contribution is 0.00784. The van der Waals surface area contributed by atoms with Crippen LogP contribution in [0.25, 0.3) is 0 Å². The van der Waals surface area contributed by atoms with Crippen molar-refractivity contribution in [1.29, 1.82) is 0 Å². The van der Waals surface area contributed by atoms with Crippen LogP contribution >= 0.6 is 0 Å². The van der Waals surface area contributed by atoms with Gasteiger partial charge in [0.2, 0.25) is 0 Å². The van der Waals surface area contributed by atoms with Gasteiger partial charge in [-0.05, 0) is 285 Å². The molecule has 0 aromatic carbocycles. The van der Waals surface area contributed by atoms with Gasteiger partial charge < -0.3 is 0 Å². The van der Waals surface area contributed by atoms with Crippen molar-refractivity contribution in [3.63, 3.8) is 0 Å². The Hall–Kier alpha value is -0.210. The van der Waals surface area contributed by atoms with Gasteiger partial charge in [0.25, 0.3) is 0 Å². The predicted molar refractivity (Wildman–Crippen MR) is 346 cm³/mol. The van der Waals surface area contributed by atoms with Gasteiger partial charge in [-0.2, -0.15) is 0 Å². The molecule has 6 nitrogen and oxygen atoms in total. The first-order valence-corrected chi connectivity index (χ1v) is 39.4. The van der Waals surface area contributed by atoms with Gasteiger partial charge in [-0.15, -0.1) is 0 Å². The summed E-state index contributed by atoms with van der Waals surface area (Å²) < 4.78 is 30.1. The third-order valence-corrected chi connectivity index (χ3v) is 33.5. The topological polar surface area (TPSA) is 47.1 Å². The maximum absolute atomic E-state index is 15.1. The van der Waals surface area contributed by atoms with Gasteiger partial charge in [0.05, 0.1) is 10.5 Å². The van der Waals surface area contributed by atoms with Crippen LogP contribution in [-0.2, 0) is 9.84 Å². The Morgan fingerprint density at radius 1 is 0.241 bits per heavy atom. The molecule has 472 valence electrons. The molecule has 10 aliphatic carbocycles. The SMILES string of the molecule is CC(C)(C)C1CCC2C(C1)C1CC(C(C)(C)C)CCC1N2C1CCC2C(C1)C1CCCCC1N2C1CCC(S(=O)(=O)C2CCC(N3C4CCCCC4C4CC(N5C6CCC(C(C)(C)C)CC6C6CC(C(C)(C)C)CCC65)CCC43)CC2)CC1. The van der Waals surface area contributed by atoms with E-state index in [1.807, 2.05) is 0 Å². The molecule has 14 fully saturated rings. The van der Waals surface area contributed by atoms with E-state index in [1.54, 1.807) is 0 Å². The first-order chi connectivity index (χ1) is 39.4. The van der Waals surface area contributed by atoms with Crippen LogP contribution in [-0.4, -0.2) is 111 Å². The molecule has 0 radical (unpaired) electrons. The van der Waals surface area contributed by atoms with E-state index >= 15 is 8.42 Å². The van der Waals surface area contributed by atoms with Gasteiger partial charge in [0.1, 0.15) is 0 Å². The summed E-state index contributed by atoms with van der Waals surface area (Å²) in [6, 6.07) is 9.13. The fraction of sp³-hybridized carbons (Fsp3) is 1.00. The predicted octanol–water partition coefficient (Wildman–Crippen LogP) is 17.8. The highest BCUT2D eigenvalue weighted by Gasteiger charge is 2.62. The lowest BCUT2D eigenvalue weighted by Crippen LogP contribution is -2.54. The summed E-state index contributed by atoms with van der Waals surface area (Å²) >= 11 is 0. The summed E-state index contributed by atoms with van der Waals surface area (Å²) in [6.07, 6.45) is 45.8. The van der Waals surface area contributed by atoms with Crippen molar-refractivity contribution in [1.82, 2.24) is 19.6 Å². The fourth-order valence-electron chi connectivity index (χ4n) is 26.5. The van der Waals surface area contributed by atoms with Gasteiger partial charge in [0.15, 0.2) is 9.84 Å².